The number of alkyl carbamates (subject to hydrolysis) is 1. The molecular weight excluding hydrogens is 313 g/mol. The number of hydrogen-bond donors (Lipinski definition) is 2. The first-order valence-electron chi connectivity index (χ1n) is 6.89. The van der Waals surface area contributed by atoms with E-state index < -0.39 is 41.1 Å². The van der Waals surface area contributed by atoms with Crippen molar-refractivity contribution in [1.82, 2.24) is 5.32 Å². The van der Waals surface area contributed by atoms with Crippen molar-refractivity contribution in [3.8, 4) is 0 Å². The van der Waals surface area contributed by atoms with E-state index in [1.54, 1.807) is 20.8 Å². The fraction of sp³-hybridized carbons (Fsp3) is 0.467. The monoisotopic (exact) mass is 332 g/mol. The summed E-state index contributed by atoms with van der Waals surface area (Å²) in [5.74, 6) is -4.27. The molecule has 0 saturated heterocycles. The second kappa shape index (κ2) is 7.34. The van der Waals surface area contributed by atoms with Gasteiger partial charge in [0.25, 0.3) is 0 Å². The van der Waals surface area contributed by atoms with Crippen LogP contribution in [-0.2, 0) is 16.0 Å². The SMILES string of the molecule is CC(C)(C)OC(=O)N[C@@H](CC(N)=O)Cc1cc(F)c(F)cc1F. The van der Waals surface area contributed by atoms with Gasteiger partial charge in [0.1, 0.15) is 11.4 Å². The molecule has 2 amide bonds. The number of nitrogens with one attached hydrogen (secondary N) is 1. The van der Waals surface area contributed by atoms with Crippen molar-refractivity contribution in [2.24, 2.45) is 5.73 Å². The molecule has 0 aliphatic heterocycles. The van der Waals surface area contributed by atoms with E-state index in [0.29, 0.717) is 12.1 Å². The summed E-state index contributed by atoms with van der Waals surface area (Å²) in [4.78, 5) is 22.8. The lowest BCUT2D eigenvalue weighted by molar-refractivity contribution is -0.118. The van der Waals surface area contributed by atoms with Crippen LogP contribution < -0.4 is 11.1 Å². The third-order valence-electron chi connectivity index (χ3n) is 2.72. The predicted octanol–water partition coefficient (Wildman–Crippen LogP) is 2.42. The van der Waals surface area contributed by atoms with E-state index in [4.69, 9.17) is 10.5 Å². The molecule has 128 valence electrons. The summed E-state index contributed by atoms with van der Waals surface area (Å²) < 4.78 is 44.8. The van der Waals surface area contributed by atoms with E-state index >= 15 is 0 Å². The molecule has 0 aromatic heterocycles. The van der Waals surface area contributed by atoms with Crippen LogP contribution in [0.4, 0.5) is 18.0 Å². The van der Waals surface area contributed by atoms with Crippen LogP contribution in [0.1, 0.15) is 32.8 Å². The molecule has 0 fully saturated rings. The van der Waals surface area contributed by atoms with Crippen molar-refractivity contribution in [2.45, 2.75) is 45.3 Å². The standard InChI is InChI=1S/C15H19F3N2O3/c1-15(2,3)23-14(22)20-9(6-13(19)21)4-8-5-11(17)12(18)7-10(8)16/h5,7,9H,4,6H2,1-3H3,(H2,19,21)(H,20,22)/t9-/m1/s1. The summed E-state index contributed by atoms with van der Waals surface area (Å²) in [5, 5.41) is 2.37. The highest BCUT2D eigenvalue weighted by atomic mass is 19.2. The number of amides is 2. The Kier molecular flexibility index (Phi) is 6.00. The predicted molar refractivity (Wildman–Crippen MR) is 77.0 cm³/mol. The topological polar surface area (TPSA) is 81.4 Å². The Balaban J connectivity index is 2.89. The zero-order valence-corrected chi connectivity index (χ0v) is 13.1. The number of rotatable bonds is 5. The van der Waals surface area contributed by atoms with E-state index in [-0.39, 0.29) is 18.4 Å². The maximum atomic E-state index is 13.7. The van der Waals surface area contributed by atoms with Crippen molar-refractivity contribution in [3.63, 3.8) is 0 Å². The highest BCUT2D eigenvalue weighted by molar-refractivity contribution is 5.76. The molecule has 3 N–H and O–H groups in total. The van der Waals surface area contributed by atoms with Crippen LogP contribution in [0.5, 0.6) is 0 Å². The molecule has 23 heavy (non-hydrogen) atoms. The summed E-state index contributed by atoms with van der Waals surface area (Å²) in [6.07, 6.45) is -1.38. The van der Waals surface area contributed by atoms with E-state index in [2.05, 4.69) is 5.32 Å². The third kappa shape index (κ3) is 6.58. The van der Waals surface area contributed by atoms with E-state index in [1.807, 2.05) is 0 Å². The first kappa shape index (κ1) is 18.8. The largest absolute Gasteiger partial charge is 0.444 e. The van der Waals surface area contributed by atoms with E-state index in [9.17, 15) is 22.8 Å². The minimum atomic E-state index is -1.32. The zero-order chi connectivity index (χ0) is 17.8. The fourth-order valence-electron chi connectivity index (χ4n) is 1.88. The van der Waals surface area contributed by atoms with Gasteiger partial charge >= 0.3 is 6.09 Å². The lowest BCUT2D eigenvalue weighted by atomic mass is 10.0. The molecule has 5 nitrogen and oxygen atoms in total. The third-order valence-corrected chi connectivity index (χ3v) is 2.72. The normalized spacial score (nSPS) is 12.6. The van der Waals surface area contributed by atoms with Crippen LogP contribution in [0.3, 0.4) is 0 Å². The Bertz CT molecular complexity index is 600. The van der Waals surface area contributed by atoms with Crippen molar-refractivity contribution in [1.29, 1.82) is 0 Å². The minimum Gasteiger partial charge on any atom is -0.444 e. The quantitative estimate of drug-likeness (QED) is 0.813. The molecule has 8 heteroatoms. The first-order valence-corrected chi connectivity index (χ1v) is 6.89. The lowest BCUT2D eigenvalue weighted by Gasteiger charge is -2.23. The molecule has 1 rings (SSSR count). The Morgan fingerprint density at radius 2 is 1.74 bits per heavy atom. The smallest absolute Gasteiger partial charge is 0.407 e. The number of hydrogen-bond acceptors (Lipinski definition) is 3. The van der Waals surface area contributed by atoms with Crippen molar-refractivity contribution >= 4 is 12.0 Å². The van der Waals surface area contributed by atoms with Crippen molar-refractivity contribution in [3.05, 3.63) is 35.1 Å². The lowest BCUT2D eigenvalue weighted by Crippen LogP contribution is -2.42. The molecule has 0 spiro atoms. The van der Waals surface area contributed by atoms with Gasteiger partial charge in [0, 0.05) is 18.5 Å². The van der Waals surface area contributed by atoms with Crippen LogP contribution >= 0.6 is 0 Å². The summed E-state index contributed by atoms with van der Waals surface area (Å²) in [6, 6.07) is 0.163. The van der Waals surface area contributed by atoms with Crippen LogP contribution in [0, 0.1) is 17.5 Å². The highest BCUT2D eigenvalue weighted by Crippen LogP contribution is 2.16. The summed E-state index contributed by atoms with van der Waals surface area (Å²) >= 11 is 0. The molecule has 0 aliphatic carbocycles. The van der Waals surface area contributed by atoms with Crippen molar-refractivity contribution < 1.29 is 27.5 Å². The van der Waals surface area contributed by atoms with E-state index in [1.165, 1.54) is 0 Å². The summed E-state index contributed by atoms with van der Waals surface area (Å²) in [5.41, 5.74) is 4.13. The summed E-state index contributed by atoms with van der Waals surface area (Å²) in [7, 11) is 0. The maximum absolute atomic E-state index is 13.7. The second-order valence-corrected chi connectivity index (χ2v) is 6.08. The number of halogens is 3. The minimum absolute atomic E-state index is 0.189. The van der Waals surface area contributed by atoms with Gasteiger partial charge in [-0.2, -0.15) is 0 Å². The van der Waals surface area contributed by atoms with Gasteiger partial charge in [-0.25, -0.2) is 18.0 Å². The molecule has 1 atom stereocenters. The number of benzene rings is 1. The van der Waals surface area contributed by atoms with Crippen molar-refractivity contribution in [2.75, 3.05) is 0 Å². The average Bonchev–Trinajstić information content (AvgIpc) is 2.32. The Labute approximate surface area is 132 Å². The molecule has 0 radical (unpaired) electrons. The molecule has 0 saturated carbocycles. The van der Waals surface area contributed by atoms with Gasteiger partial charge in [0.15, 0.2) is 11.6 Å². The number of carbonyl (C=O) groups excluding carboxylic acids is 2. The summed E-state index contributed by atoms with van der Waals surface area (Å²) in [6.45, 7) is 4.93. The first-order chi connectivity index (χ1) is 10.5. The van der Waals surface area contributed by atoms with Gasteiger partial charge in [0.2, 0.25) is 5.91 Å². The van der Waals surface area contributed by atoms with Crippen LogP contribution in [0.25, 0.3) is 0 Å². The number of primary amides is 1. The molecule has 0 unspecified atom stereocenters. The van der Waals surface area contributed by atoms with Gasteiger partial charge in [0.05, 0.1) is 0 Å². The number of ether oxygens (including phenoxy) is 1. The average molecular weight is 332 g/mol. The van der Waals surface area contributed by atoms with E-state index in [0.717, 1.165) is 0 Å². The van der Waals surface area contributed by atoms with Crippen LogP contribution in [-0.4, -0.2) is 23.6 Å². The van der Waals surface area contributed by atoms with Gasteiger partial charge in [-0.15, -0.1) is 0 Å². The molecule has 0 aliphatic rings. The highest BCUT2D eigenvalue weighted by Gasteiger charge is 2.22. The maximum Gasteiger partial charge on any atom is 0.407 e. The zero-order valence-electron chi connectivity index (χ0n) is 13.1. The Hall–Kier alpha value is -2.25. The number of nitrogens with two attached hydrogens (primary N) is 1. The molecule has 0 heterocycles. The Morgan fingerprint density at radius 1 is 1.17 bits per heavy atom. The van der Waals surface area contributed by atoms with Crippen LogP contribution in [0.15, 0.2) is 12.1 Å². The molecule has 0 bridgehead atoms. The Morgan fingerprint density at radius 3 is 2.26 bits per heavy atom. The molecular formula is C15H19F3N2O3. The van der Waals surface area contributed by atoms with Gasteiger partial charge in [-0.3, -0.25) is 4.79 Å². The molecule has 1 aromatic carbocycles. The van der Waals surface area contributed by atoms with Gasteiger partial charge in [-0.1, -0.05) is 0 Å². The van der Waals surface area contributed by atoms with Gasteiger partial charge < -0.3 is 15.8 Å². The molecule has 1 aromatic rings. The fourth-order valence-corrected chi connectivity index (χ4v) is 1.88. The second-order valence-electron chi connectivity index (χ2n) is 6.08. The van der Waals surface area contributed by atoms with Crippen LogP contribution in [0.2, 0.25) is 0 Å². The van der Waals surface area contributed by atoms with Gasteiger partial charge in [-0.05, 0) is 38.8 Å². The number of carbonyl (C=O) groups is 2.